The highest BCUT2D eigenvalue weighted by molar-refractivity contribution is 5.36. The molecule has 0 unspecified atom stereocenters. The number of alkyl halides is 3. The number of rotatable bonds is 9. The van der Waals surface area contributed by atoms with Gasteiger partial charge < -0.3 is 14.2 Å². The summed E-state index contributed by atoms with van der Waals surface area (Å²) in [7, 11) is 0. The minimum absolute atomic E-state index is 0.0406. The Kier molecular flexibility index (Phi) is 7.74. The molecule has 0 radical (unpaired) electrons. The predicted octanol–water partition coefficient (Wildman–Crippen LogP) is 6.80. The molecule has 0 heterocycles. The third-order valence-electron chi connectivity index (χ3n) is 4.68. The van der Waals surface area contributed by atoms with Crippen molar-refractivity contribution >= 4 is 0 Å². The lowest BCUT2D eigenvalue weighted by atomic mass is 9.99. The zero-order chi connectivity index (χ0) is 23.0. The lowest BCUT2D eigenvalue weighted by molar-refractivity contribution is -0.165. The molecule has 3 aromatic rings. The number of hydrogen-bond donors (Lipinski definition) is 0. The van der Waals surface area contributed by atoms with Crippen LogP contribution in [0.3, 0.4) is 0 Å². The molecule has 3 aromatic carbocycles. The summed E-state index contributed by atoms with van der Waals surface area (Å²) in [4.78, 5) is 0. The third kappa shape index (κ3) is 6.25. The molecule has 0 aromatic heterocycles. The number of ether oxygens (including phenoxy) is 3. The van der Waals surface area contributed by atoms with Crippen LogP contribution >= 0.6 is 0 Å². The van der Waals surface area contributed by atoms with Crippen LogP contribution in [0.15, 0.2) is 78.9 Å². The normalized spacial score (nSPS) is 13.1. The Morgan fingerprint density at radius 3 is 2.16 bits per heavy atom. The van der Waals surface area contributed by atoms with Crippen LogP contribution < -0.4 is 9.47 Å². The molecule has 0 spiro atoms. The summed E-state index contributed by atoms with van der Waals surface area (Å²) >= 11 is 0. The summed E-state index contributed by atoms with van der Waals surface area (Å²) in [5.74, 6) is -0.329. The van der Waals surface area contributed by atoms with Gasteiger partial charge in [-0.1, -0.05) is 42.5 Å². The molecule has 0 aliphatic rings. The third-order valence-corrected chi connectivity index (χ3v) is 4.68. The number of hydrogen-bond acceptors (Lipinski definition) is 4. The van der Waals surface area contributed by atoms with Gasteiger partial charge in [0, 0.05) is 0 Å². The van der Waals surface area contributed by atoms with Gasteiger partial charge in [-0.15, -0.1) is 0 Å². The van der Waals surface area contributed by atoms with Crippen LogP contribution in [0.5, 0.6) is 17.2 Å². The van der Waals surface area contributed by atoms with Gasteiger partial charge in [-0.25, -0.2) is 0 Å². The Bertz CT molecular complexity index is 1030. The molecule has 2 atom stereocenters. The SMILES string of the molecule is CCOc1ccc([C@@H](CO[C@H](C#N)c2cccc(Oc3ccccc3)c2)C(F)(F)F)cc1. The van der Waals surface area contributed by atoms with Crippen molar-refractivity contribution in [2.75, 3.05) is 13.2 Å². The van der Waals surface area contributed by atoms with Crippen LogP contribution in [0, 0.1) is 11.3 Å². The Balaban J connectivity index is 1.73. The van der Waals surface area contributed by atoms with Gasteiger partial charge in [0.1, 0.15) is 23.2 Å². The molecule has 166 valence electrons. The first-order chi connectivity index (χ1) is 15.4. The molecule has 0 aliphatic carbocycles. The predicted molar refractivity (Wildman–Crippen MR) is 114 cm³/mol. The first-order valence-corrected chi connectivity index (χ1v) is 10.0. The molecule has 0 saturated heterocycles. The minimum atomic E-state index is -4.54. The molecule has 0 N–H and O–H groups in total. The molecule has 32 heavy (non-hydrogen) atoms. The molecule has 3 rings (SSSR count). The van der Waals surface area contributed by atoms with Crippen molar-refractivity contribution in [3.05, 3.63) is 90.0 Å². The Morgan fingerprint density at radius 1 is 0.844 bits per heavy atom. The summed E-state index contributed by atoms with van der Waals surface area (Å²) < 4.78 is 57.6. The fourth-order valence-corrected chi connectivity index (χ4v) is 3.11. The zero-order valence-corrected chi connectivity index (χ0v) is 17.4. The molecule has 0 amide bonds. The summed E-state index contributed by atoms with van der Waals surface area (Å²) in [5, 5.41) is 9.53. The van der Waals surface area contributed by atoms with Gasteiger partial charge in [-0.3, -0.25) is 0 Å². The van der Waals surface area contributed by atoms with Crippen LogP contribution in [0.4, 0.5) is 13.2 Å². The highest BCUT2D eigenvalue weighted by Crippen LogP contribution is 2.37. The van der Waals surface area contributed by atoms with Crippen molar-refractivity contribution < 1.29 is 27.4 Å². The molecule has 0 aliphatic heterocycles. The first-order valence-electron chi connectivity index (χ1n) is 10.0. The summed E-state index contributed by atoms with van der Waals surface area (Å²) in [6, 6.07) is 23.2. The summed E-state index contributed by atoms with van der Waals surface area (Å²) in [6.07, 6.45) is -5.72. The highest BCUT2D eigenvalue weighted by atomic mass is 19.4. The molecule has 0 saturated carbocycles. The molecule has 0 fully saturated rings. The van der Waals surface area contributed by atoms with E-state index in [0.29, 0.717) is 29.4 Å². The molecule has 4 nitrogen and oxygen atoms in total. The van der Waals surface area contributed by atoms with Crippen LogP contribution in [0.25, 0.3) is 0 Å². The summed E-state index contributed by atoms with van der Waals surface area (Å²) in [5.41, 5.74) is 0.451. The minimum Gasteiger partial charge on any atom is -0.494 e. The lowest BCUT2D eigenvalue weighted by Crippen LogP contribution is -2.26. The fraction of sp³-hybridized carbons (Fsp3) is 0.240. The molecular weight excluding hydrogens is 419 g/mol. The van der Waals surface area contributed by atoms with E-state index < -0.39 is 24.8 Å². The van der Waals surface area contributed by atoms with Gasteiger partial charge in [0.25, 0.3) is 0 Å². The maximum atomic E-state index is 13.7. The standard InChI is InChI=1S/C25H22F3NO3/c1-2-30-20-13-11-18(12-14-20)23(25(26,27)28)17-31-24(16-29)19-7-6-10-22(15-19)32-21-8-4-3-5-9-21/h3-15,23-24H,2,17H2,1H3/t23-,24-/m1/s1. The van der Waals surface area contributed by atoms with Gasteiger partial charge in [0.05, 0.1) is 19.3 Å². The van der Waals surface area contributed by atoms with Crippen LogP contribution in [0.1, 0.15) is 30.1 Å². The number of halogens is 3. The van der Waals surface area contributed by atoms with Crippen molar-refractivity contribution in [1.29, 1.82) is 5.26 Å². The van der Waals surface area contributed by atoms with Gasteiger partial charge >= 0.3 is 6.18 Å². The average Bonchev–Trinajstić information content (AvgIpc) is 2.78. The van der Waals surface area contributed by atoms with E-state index in [2.05, 4.69) is 0 Å². The van der Waals surface area contributed by atoms with E-state index in [1.165, 1.54) is 24.3 Å². The van der Waals surface area contributed by atoms with Crippen LogP contribution in [0.2, 0.25) is 0 Å². The second-order valence-corrected chi connectivity index (χ2v) is 6.93. The molecular formula is C25H22F3NO3. The van der Waals surface area contributed by atoms with E-state index in [4.69, 9.17) is 14.2 Å². The van der Waals surface area contributed by atoms with Crippen molar-refractivity contribution in [3.8, 4) is 23.3 Å². The topological polar surface area (TPSA) is 51.5 Å². The van der Waals surface area contributed by atoms with Crippen molar-refractivity contribution in [2.45, 2.75) is 25.1 Å². The van der Waals surface area contributed by atoms with E-state index in [-0.39, 0.29) is 5.56 Å². The zero-order valence-electron chi connectivity index (χ0n) is 17.4. The van der Waals surface area contributed by atoms with E-state index in [1.54, 1.807) is 43.3 Å². The molecule has 0 bridgehead atoms. The van der Waals surface area contributed by atoms with E-state index >= 15 is 0 Å². The van der Waals surface area contributed by atoms with E-state index in [9.17, 15) is 18.4 Å². The fourth-order valence-electron chi connectivity index (χ4n) is 3.11. The smallest absolute Gasteiger partial charge is 0.397 e. The maximum Gasteiger partial charge on any atom is 0.397 e. The quantitative estimate of drug-likeness (QED) is 0.366. The first kappa shape index (κ1) is 23.2. The Morgan fingerprint density at radius 2 is 1.53 bits per heavy atom. The van der Waals surface area contributed by atoms with E-state index in [0.717, 1.165) is 0 Å². The van der Waals surface area contributed by atoms with Gasteiger partial charge in [-0.05, 0) is 54.4 Å². The monoisotopic (exact) mass is 441 g/mol. The van der Waals surface area contributed by atoms with Crippen molar-refractivity contribution in [2.24, 2.45) is 0 Å². The number of nitrogens with zero attached hydrogens (tertiary/aromatic N) is 1. The van der Waals surface area contributed by atoms with Crippen LogP contribution in [-0.4, -0.2) is 19.4 Å². The van der Waals surface area contributed by atoms with Crippen LogP contribution in [-0.2, 0) is 4.74 Å². The molecule has 7 heteroatoms. The second-order valence-electron chi connectivity index (χ2n) is 6.93. The average molecular weight is 441 g/mol. The number of benzene rings is 3. The van der Waals surface area contributed by atoms with Crippen molar-refractivity contribution in [1.82, 2.24) is 0 Å². The summed E-state index contributed by atoms with van der Waals surface area (Å²) in [6.45, 7) is 1.52. The van der Waals surface area contributed by atoms with Gasteiger partial charge in [0.15, 0.2) is 6.10 Å². The number of para-hydroxylation sites is 1. The highest BCUT2D eigenvalue weighted by Gasteiger charge is 2.41. The number of nitriles is 1. The van der Waals surface area contributed by atoms with E-state index in [1.807, 2.05) is 24.3 Å². The van der Waals surface area contributed by atoms with Crippen molar-refractivity contribution in [3.63, 3.8) is 0 Å². The van der Waals surface area contributed by atoms with Gasteiger partial charge in [0.2, 0.25) is 0 Å². The van der Waals surface area contributed by atoms with Gasteiger partial charge in [-0.2, -0.15) is 18.4 Å². The maximum absolute atomic E-state index is 13.7. The lowest BCUT2D eigenvalue weighted by Gasteiger charge is -2.22. The second kappa shape index (κ2) is 10.7. The largest absolute Gasteiger partial charge is 0.494 e. The Labute approximate surface area is 184 Å². The Hall–Kier alpha value is -3.50.